The maximum absolute atomic E-state index is 6.36. The zero-order valence-electron chi connectivity index (χ0n) is 10.7. The minimum absolute atomic E-state index is 0.321. The first kappa shape index (κ1) is 14.1. The molecule has 18 heavy (non-hydrogen) atoms. The first-order valence-corrected chi connectivity index (χ1v) is 7.32. The van der Waals surface area contributed by atoms with Gasteiger partial charge in [-0.05, 0) is 50.0 Å². The van der Waals surface area contributed by atoms with Crippen LogP contribution in [-0.2, 0) is 0 Å². The third-order valence-electron chi connectivity index (χ3n) is 3.74. The van der Waals surface area contributed by atoms with Crippen LogP contribution in [0, 0.1) is 5.92 Å². The molecule has 4 heteroatoms. The van der Waals surface area contributed by atoms with Gasteiger partial charge in [-0.15, -0.1) is 0 Å². The lowest BCUT2D eigenvalue weighted by atomic mass is 9.93. The van der Waals surface area contributed by atoms with Crippen molar-refractivity contribution in [2.45, 2.75) is 25.8 Å². The molecule has 0 spiro atoms. The summed E-state index contributed by atoms with van der Waals surface area (Å²) in [5, 5.41) is 1.32. The van der Waals surface area contributed by atoms with Crippen molar-refractivity contribution >= 4 is 23.2 Å². The van der Waals surface area contributed by atoms with Gasteiger partial charge in [-0.1, -0.05) is 42.3 Å². The summed E-state index contributed by atoms with van der Waals surface area (Å²) >= 11 is 12.5. The van der Waals surface area contributed by atoms with E-state index in [0.29, 0.717) is 28.5 Å². The van der Waals surface area contributed by atoms with Crippen molar-refractivity contribution in [2.24, 2.45) is 11.7 Å². The standard InChI is InChI=1S/C14H20Cl2N2/c1-2-7-18-8-6-10(9-17)14(18)11-4-3-5-12(15)13(11)16/h3-5,10,14H,2,6-9,17H2,1H3. The number of nitrogens with zero attached hydrogens (tertiary/aromatic N) is 1. The molecule has 1 saturated heterocycles. The van der Waals surface area contributed by atoms with Gasteiger partial charge in [0.05, 0.1) is 10.0 Å². The summed E-state index contributed by atoms with van der Waals surface area (Å²) < 4.78 is 0. The zero-order chi connectivity index (χ0) is 13.1. The molecular formula is C14H20Cl2N2. The maximum Gasteiger partial charge on any atom is 0.0640 e. The quantitative estimate of drug-likeness (QED) is 0.914. The Labute approximate surface area is 119 Å². The highest BCUT2D eigenvalue weighted by Gasteiger charge is 2.35. The molecule has 0 bridgehead atoms. The van der Waals surface area contributed by atoms with Gasteiger partial charge in [0.15, 0.2) is 0 Å². The topological polar surface area (TPSA) is 29.3 Å². The van der Waals surface area contributed by atoms with Crippen molar-refractivity contribution in [3.05, 3.63) is 33.8 Å². The second-order valence-electron chi connectivity index (χ2n) is 4.91. The molecule has 1 fully saturated rings. The van der Waals surface area contributed by atoms with E-state index in [9.17, 15) is 0 Å². The second kappa shape index (κ2) is 6.25. The number of hydrogen-bond donors (Lipinski definition) is 1. The van der Waals surface area contributed by atoms with Gasteiger partial charge in [0.25, 0.3) is 0 Å². The van der Waals surface area contributed by atoms with Crippen LogP contribution in [0.2, 0.25) is 10.0 Å². The molecule has 2 rings (SSSR count). The maximum atomic E-state index is 6.36. The predicted octanol–water partition coefficient (Wildman–Crippen LogP) is 3.73. The van der Waals surface area contributed by atoms with Gasteiger partial charge in [-0.3, -0.25) is 4.90 Å². The molecular weight excluding hydrogens is 267 g/mol. The monoisotopic (exact) mass is 286 g/mol. The van der Waals surface area contributed by atoms with Crippen LogP contribution < -0.4 is 5.73 Å². The SMILES string of the molecule is CCCN1CCC(CN)C1c1cccc(Cl)c1Cl. The van der Waals surface area contributed by atoms with Gasteiger partial charge >= 0.3 is 0 Å². The molecule has 2 atom stereocenters. The van der Waals surface area contributed by atoms with E-state index in [-0.39, 0.29) is 0 Å². The van der Waals surface area contributed by atoms with E-state index in [1.807, 2.05) is 12.1 Å². The van der Waals surface area contributed by atoms with Gasteiger partial charge in [0.1, 0.15) is 0 Å². The number of likely N-dealkylation sites (tertiary alicyclic amines) is 1. The average Bonchev–Trinajstić information content (AvgIpc) is 2.76. The highest BCUT2D eigenvalue weighted by Crippen LogP contribution is 2.41. The van der Waals surface area contributed by atoms with E-state index in [1.54, 1.807) is 0 Å². The van der Waals surface area contributed by atoms with E-state index in [4.69, 9.17) is 28.9 Å². The fourth-order valence-corrected chi connectivity index (χ4v) is 3.33. The average molecular weight is 287 g/mol. The lowest BCUT2D eigenvalue weighted by Gasteiger charge is -2.28. The Hall–Kier alpha value is -0.280. The Bertz CT molecular complexity index is 409. The third kappa shape index (κ3) is 2.67. The van der Waals surface area contributed by atoms with Crippen molar-refractivity contribution in [2.75, 3.05) is 19.6 Å². The van der Waals surface area contributed by atoms with Gasteiger partial charge in [-0.2, -0.15) is 0 Å². The van der Waals surface area contributed by atoms with E-state index in [1.165, 1.54) is 0 Å². The number of nitrogens with two attached hydrogens (primary N) is 1. The van der Waals surface area contributed by atoms with Gasteiger partial charge < -0.3 is 5.73 Å². The van der Waals surface area contributed by atoms with Crippen LogP contribution in [0.15, 0.2) is 18.2 Å². The molecule has 1 heterocycles. The normalized spacial score (nSPS) is 24.7. The fraction of sp³-hybridized carbons (Fsp3) is 0.571. The molecule has 0 saturated carbocycles. The smallest absolute Gasteiger partial charge is 0.0640 e. The number of rotatable bonds is 4. The number of hydrogen-bond acceptors (Lipinski definition) is 2. The van der Waals surface area contributed by atoms with Crippen LogP contribution in [0.5, 0.6) is 0 Å². The van der Waals surface area contributed by atoms with Crippen LogP contribution in [-0.4, -0.2) is 24.5 Å². The van der Waals surface area contributed by atoms with Crippen LogP contribution in [0.4, 0.5) is 0 Å². The molecule has 1 aromatic rings. The minimum atomic E-state index is 0.321. The van der Waals surface area contributed by atoms with Crippen molar-refractivity contribution < 1.29 is 0 Å². The van der Waals surface area contributed by atoms with E-state index < -0.39 is 0 Å². The van der Waals surface area contributed by atoms with Crippen LogP contribution in [0.3, 0.4) is 0 Å². The van der Waals surface area contributed by atoms with E-state index in [2.05, 4.69) is 17.9 Å². The minimum Gasteiger partial charge on any atom is -0.330 e. The van der Waals surface area contributed by atoms with Crippen LogP contribution in [0.25, 0.3) is 0 Å². The summed E-state index contributed by atoms with van der Waals surface area (Å²) in [6, 6.07) is 6.21. The summed E-state index contributed by atoms with van der Waals surface area (Å²) in [6.07, 6.45) is 2.29. The van der Waals surface area contributed by atoms with Crippen molar-refractivity contribution in [1.82, 2.24) is 4.90 Å². The Morgan fingerprint density at radius 3 is 2.83 bits per heavy atom. The molecule has 0 radical (unpaired) electrons. The summed E-state index contributed by atoms with van der Waals surface area (Å²) in [7, 11) is 0. The van der Waals surface area contributed by atoms with Gasteiger partial charge in [0, 0.05) is 6.04 Å². The zero-order valence-corrected chi connectivity index (χ0v) is 12.2. The highest BCUT2D eigenvalue weighted by molar-refractivity contribution is 6.42. The molecule has 2 nitrogen and oxygen atoms in total. The van der Waals surface area contributed by atoms with E-state index >= 15 is 0 Å². The lowest BCUT2D eigenvalue weighted by molar-refractivity contribution is 0.231. The number of halogens is 2. The molecule has 1 aromatic carbocycles. The lowest BCUT2D eigenvalue weighted by Crippen LogP contribution is -2.29. The highest BCUT2D eigenvalue weighted by atomic mass is 35.5. The van der Waals surface area contributed by atoms with E-state index in [0.717, 1.165) is 31.5 Å². The predicted molar refractivity (Wildman–Crippen MR) is 78.2 cm³/mol. The summed E-state index contributed by atoms with van der Waals surface area (Å²) in [5.74, 6) is 0.479. The van der Waals surface area contributed by atoms with Crippen molar-refractivity contribution in [1.29, 1.82) is 0 Å². The van der Waals surface area contributed by atoms with Gasteiger partial charge in [0.2, 0.25) is 0 Å². The molecule has 0 amide bonds. The molecule has 1 aliphatic rings. The summed E-state index contributed by atoms with van der Waals surface area (Å²) in [5.41, 5.74) is 7.04. The summed E-state index contributed by atoms with van der Waals surface area (Å²) in [6.45, 7) is 5.09. The first-order chi connectivity index (χ1) is 8.69. The molecule has 2 unspecified atom stereocenters. The molecule has 0 aliphatic carbocycles. The van der Waals surface area contributed by atoms with Gasteiger partial charge in [-0.25, -0.2) is 0 Å². The largest absolute Gasteiger partial charge is 0.330 e. The Morgan fingerprint density at radius 1 is 1.39 bits per heavy atom. The van der Waals surface area contributed by atoms with Crippen molar-refractivity contribution in [3.63, 3.8) is 0 Å². The molecule has 2 N–H and O–H groups in total. The Morgan fingerprint density at radius 2 is 2.17 bits per heavy atom. The Balaban J connectivity index is 2.34. The number of benzene rings is 1. The Kier molecular flexibility index (Phi) is 4.91. The first-order valence-electron chi connectivity index (χ1n) is 6.57. The second-order valence-corrected chi connectivity index (χ2v) is 5.69. The van der Waals surface area contributed by atoms with Crippen LogP contribution >= 0.6 is 23.2 Å². The van der Waals surface area contributed by atoms with Crippen molar-refractivity contribution in [3.8, 4) is 0 Å². The fourth-order valence-electron chi connectivity index (χ4n) is 2.91. The third-order valence-corrected chi connectivity index (χ3v) is 4.57. The molecule has 0 aromatic heterocycles. The summed E-state index contributed by atoms with van der Waals surface area (Å²) in [4.78, 5) is 2.48. The molecule has 1 aliphatic heterocycles. The van der Waals surface area contributed by atoms with Crippen LogP contribution in [0.1, 0.15) is 31.4 Å². The molecule has 100 valence electrons.